The van der Waals surface area contributed by atoms with Gasteiger partial charge in [0.15, 0.2) is 0 Å². The van der Waals surface area contributed by atoms with E-state index in [0.717, 1.165) is 6.54 Å². The standard InChI is InChI=1S/C14H26N2O2S/c1-19-14(7-4-8-14)11-16-13(17)15-9-10-18-12-5-2-3-6-12/h12H,2-11H2,1H3,(H2,15,16,17). The largest absolute Gasteiger partial charge is 0.376 e. The summed E-state index contributed by atoms with van der Waals surface area (Å²) in [5, 5.41) is 5.85. The Bertz CT molecular complexity index is 284. The summed E-state index contributed by atoms with van der Waals surface area (Å²) in [5.74, 6) is 0. The SMILES string of the molecule is CSC1(CNC(=O)NCCOC2CCCC2)CCC1. The number of ether oxygens (including phenoxy) is 1. The van der Waals surface area contributed by atoms with Gasteiger partial charge in [-0.15, -0.1) is 0 Å². The Hall–Kier alpha value is -0.420. The fraction of sp³-hybridized carbons (Fsp3) is 0.929. The van der Waals surface area contributed by atoms with Crippen molar-refractivity contribution < 1.29 is 9.53 Å². The quantitative estimate of drug-likeness (QED) is 0.707. The molecule has 2 rings (SSSR count). The average Bonchev–Trinajstić information content (AvgIpc) is 2.87. The van der Waals surface area contributed by atoms with Gasteiger partial charge in [0.1, 0.15) is 0 Å². The first kappa shape index (κ1) is 15.0. The lowest BCUT2D eigenvalue weighted by atomic mass is 9.84. The molecule has 2 amide bonds. The Morgan fingerprint density at radius 1 is 1.26 bits per heavy atom. The summed E-state index contributed by atoms with van der Waals surface area (Å²) >= 11 is 1.88. The molecule has 19 heavy (non-hydrogen) atoms. The fourth-order valence-corrected chi connectivity index (χ4v) is 3.69. The minimum absolute atomic E-state index is 0.0599. The highest BCUT2D eigenvalue weighted by atomic mass is 32.2. The molecule has 110 valence electrons. The van der Waals surface area contributed by atoms with Crippen LogP contribution in [0.3, 0.4) is 0 Å². The molecule has 0 unspecified atom stereocenters. The monoisotopic (exact) mass is 286 g/mol. The van der Waals surface area contributed by atoms with Crippen LogP contribution in [0.5, 0.6) is 0 Å². The third kappa shape index (κ3) is 4.56. The number of hydrogen-bond acceptors (Lipinski definition) is 3. The lowest BCUT2D eigenvalue weighted by molar-refractivity contribution is 0.0613. The third-order valence-corrected chi connectivity index (χ3v) is 5.73. The van der Waals surface area contributed by atoms with Crippen molar-refractivity contribution in [3.63, 3.8) is 0 Å². The maximum atomic E-state index is 11.7. The maximum absolute atomic E-state index is 11.7. The van der Waals surface area contributed by atoms with E-state index in [-0.39, 0.29) is 6.03 Å². The van der Waals surface area contributed by atoms with E-state index in [2.05, 4.69) is 16.9 Å². The first-order valence-electron chi connectivity index (χ1n) is 7.43. The number of amides is 2. The summed E-state index contributed by atoms with van der Waals surface area (Å²) in [6.07, 6.45) is 11.2. The zero-order valence-electron chi connectivity index (χ0n) is 11.9. The van der Waals surface area contributed by atoms with E-state index in [1.54, 1.807) is 0 Å². The summed E-state index contributed by atoms with van der Waals surface area (Å²) < 4.78 is 6.01. The van der Waals surface area contributed by atoms with Crippen molar-refractivity contribution in [2.75, 3.05) is 26.0 Å². The van der Waals surface area contributed by atoms with E-state index in [0.29, 0.717) is 24.0 Å². The number of hydrogen-bond donors (Lipinski definition) is 2. The topological polar surface area (TPSA) is 50.4 Å². The average molecular weight is 286 g/mol. The molecule has 2 saturated carbocycles. The van der Waals surface area contributed by atoms with E-state index in [4.69, 9.17) is 4.74 Å². The van der Waals surface area contributed by atoms with Crippen LogP contribution in [0.25, 0.3) is 0 Å². The predicted molar refractivity (Wildman–Crippen MR) is 79.7 cm³/mol. The lowest BCUT2D eigenvalue weighted by Gasteiger charge is -2.40. The Morgan fingerprint density at radius 3 is 2.58 bits per heavy atom. The fourth-order valence-electron chi connectivity index (χ4n) is 2.77. The van der Waals surface area contributed by atoms with Crippen molar-refractivity contribution in [3.8, 4) is 0 Å². The molecule has 2 aliphatic rings. The highest BCUT2D eigenvalue weighted by Gasteiger charge is 2.36. The molecule has 0 atom stereocenters. The molecule has 0 bridgehead atoms. The molecule has 0 aromatic heterocycles. The Balaban J connectivity index is 1.49. The van der Waals surface area contributed by atoms with Gasteiger partial charge in [-0.25, -0.2) is 4.79 Å². The zero-order valence-corrected chi connectivity index (χ0v) is 12.7. The van der Waals surface area contributed by atoms with Crippen LogP contribution in [0.15, 0.2) is 0 Å². The molecule has 2 aliphatic carbocycles. The van der Waals surface area contributed by atoms with Gasteiger partial charge >= 0.3 is 6.03 Å². The molecule has 2 N–H and O–H groups in total. The molecule has 0 aromatic rings. The molecule has 5 heteroatoms. The van der Waals surface area contributed by atoms with Gasteiger partial charge < -0.3 is 15.4 Å². The van der Waals surface area contributed by atoms with Gasteiger partial charge in [0, 0.05) is 17.8 Å². The Labute approximate surface area is 120 Å². The van der Waals surface area contributed by atoms with Gasteiger partial charge in [0.05, 0.1) is 12.7 Å². The predicted octanol–water partition coefficient (Wildman–Crippen LogP) is 2.53. The van der Waals surface area contributed by atoms with Gasteiger partial charge in [0.2, 0.25) is 0 Å². The minimum Gasteiger partial charge on any atom is -0.376 e. The second kappa shape index (κ2) is 7.39. The smallest absolute Gasteiger partial charge is 0.314 e. The zero-order chi connectivity index (χ0) is 13.6. The number of urea groups is 1. The number of thioether (sulfide) groups is 1. The van der Waals surface area contributed by atoms with Gasteiger partial charge in [0.25, 0.3) is 0 Å². The van der Waals surface area contributed by atoms with Crippen LogP contribution >= 0.6 is 11.8 Å². The summed E-state index contributed by atoms with van der Waals surface area (Å²) in [5.41, 5.74) is 0. The van der Waals surface area contributed by atoms with Crippen LogP contribution in [0.4, 0.5) is 4.79 Å². The van der Waals surface area contributed by atoms with Crippen LogP contribution in [0.1, 0.15) is 44.9 Å². The van der Waals surface area contributed by atoms with E-state index < -0.39 is 0 Å². The summed E-state index contributed by atoms with van der Waals surface area (Å²) in [6, 6.07) is -0.0599. The number of carbonyl (C=O) groups is 1. The van der Waals surface area contributed by atoms with Crippen LogP contribution < -0.4 is 10.6 Å². The van der Waals surface area contributed by atoms with E-state index >= 15 is 0 Å². The van der Waals surface area contributed by atoms with E-state index in [1.165, 1.54) is 44.9 Å². The first-order chi connectivity index (χ1) is 9.24. The third-order valence-electron chi connectivity index (χ3n) is 4.31. The molecule has 0 aliphatic heterocycles. The molecule has 2 fully saturated rings. The molecule has 0 spiro atoms. The van der Waals surface area contributed by atoms with Gasteiger partial charge in [-0.3, -0.25) is 0 Å². The summed E-state index contributed by atoms with van der Waals surface area (Å²) in [6.45, 7) is 2.02. The Morgan fingerprint density at radius 2 is 2.00 bits per heavy atom. The second-order valence-electron chi connectivity index (χ2n) is 5.63. The van der Waals surface area contributed by atoms with Crippen molar-refractivity contribution in [1.29, 1.82) is 0 Å². The molecule has 0 saturated heterocycles. The lowest BCUT2D eigenvalue weighted by Crippen LogP contribution is -2.48. The van der Waals surface area contributed by atoms with Crippen LogP contribution in [0, 0.1) is 0 Å². The summed E-state index contributed by atoms with van der Waals surface area (Å²) in [4.78, 5) is 11.7. The Kier molecular flexibility index (Phi) is 5.82. The molecule has 4 nitrogen and oxygen atoms in total. The highest BCUT2D eigenvalue weighted by molar-refractivity contribution is 8.00. The van der Waals surface area contributed by atoms with Crippen molar-refractivity contribution in [2.45, 2.75) is 55.8 Å². The maximum Gasteiger partial charge on any atom is 0.314 e. The number of carbonyl (C=O) groups excluding carboxylic acids is 1. The van der Waals surface area contributed by atoms with Gasteiger partial charge in [-0.1, -0.05) is 19.3 Å². The molecule has 0 aromatic carbocycles. The molecule has 0 radical (unpaired) electrons. The number of nitrogens with one attached hydrogen (secondary N) is 2. The molecule has 0 heterocycles. The number of rotatable bonds is 7. The van der Waals surface area contributed by atoms with Crippen molar-refractivity contribution in [1.82, 2.24) is 10.6 Å². The van der Waals surface area contributed by atoms with E-state index in [1.807, 2.05) is 11.8 Å². The molecular weight excluding hydrogens is 260 g/mol. The van der Waals surface area contributed by atoms with Crippen molar-refractivity contribution in [2.24, 2.45) is 0 Å². The first-order valence-corrected chi connectivity index (χ1v) is 8.65. The van der Waals surface area contributed by atoms with Gasteiger partial charge in [-0.05, 0) is 31.9 Å². The van der Waals surface area contributed by atoms with E-state index in [9.17, 15) is 4.79 Å². The molecular formula is C14H26N2O2S. The summed E-state index contributed by atoms with van der Waals surface area (Å²) in [7, 11) is 0. The van der Waals surface area contributed by atoms with Crippen LogP contribution in [-0.2, 0) is 4.74 Å². The van der Waals surface area contributed by atoms with Crippen LogP contribution in [-0.4, -0.2) is 42.8 Å². The van der Waals surface area contributed by atoms with Crippen LogP contribution in [0.2, 0.25) is 0 Å². The second-order valence-corrected chi connectivity index (χ2v) is 6.90. The highest BCUT2D eigenvalue weighted by Crippen LogP contribution is 2.42. The van der Waals surface area contributed by atoms with Crippen molar-refractivity contribution in [3.05, 3.63) is 0 Å². The van der Waals surface area contributed by atoms with Crippen molar-refractivity contribution >= 4 is 17.8 Å². The normalized spacial score (nSPS) is 21.9. The van der Waals surface area contributed by atoms with Gasteiger partial charge in [-0.2, -0.15) is 11.8 Å². The minimum atomic E-state index is -0.0599.